The van der Waals surface area contributed by atoms with Gasteiger partial charge in [0.05, 0.1) is 4.47 Å². The van der Waals surface area contributed by atoms with Crippen LogP contribution in [0.25, 0.3) is 0 Å². The van der Waals surface area contributed by atoms with Crippen LogP contribution in [-0.2, 0) is 0 Å². The second-order valence-electron chi connectivity index (χ2n) is 4.13. The summed E-state index contributed by atoms with van der Waals surface area (Å²) in [6.07, 6.45) is 5.70. The van der Waals surface area contributed by atoms with E-state index in [9.17, 15) is 8.78 Å². The highest BCUT2D eigenvalue weighted by atomic mass is 79.9. The molecule has 0 spiro atoms. The van der Waals surface area contributed by atoms with Crippen molar-refractivity contribution in [2.75, 3.05) is 0 Å². The summed E-state index contributed by atoms with van der Waals surface area (Å²) in [5, 5.41) is 0. The van der Waals surface area contributed by atoms with Crippen LogP contribution in [0, 0.1) is 11.6 Å². The van der Waals surface area contributed by atoms with Crippen molar-refractivity contribution in [3.8, 4) is 0 Å². The van der Waals surface area contributed by atoms with Crippen LogP contribution in [0.1, 0.15) is 43.6 Å². The highest BCUT2D eigenvalue weighted by Crippen LogP contribution is 2.34. The molecule has 0 aromatic heterocycles. The van der Waals surface area contributed by atoms with Gasteiger partial charge in [-0.25, -0.2) is 8.78 Å². The monoisotopic (exact) mass is 274 g/mol. The Morgan fingerprint density at radius 2 is 1.53 bits per heavy atom. The summed E-state index contributed by atoms with van der Waals surface area (Å²) >= 11 is 2.89. The molecule has 1 saturated carbocycles. The first-order valence-corrected chi connectivity index (χ1v) is 6.12. The molecule has 0 unspecified atom stereocenters. The van der Waals surface area contributed by atoms with Crippen molar-refractivity contribution in [3.63, 3.8) is 0 Å². The topological polar surface area (TPSA) is 0 Å². The molecule has 82 valence electrons. The molecule has 0 amide bonds. The highest BCUT2D eigenvalue weighted by molar-refractivity contribution is 9.10. The molecule has 0 N–H and O–H groups in total. The van der Waals surface area contributed by atoms with E-state index < -0.39 is 11.6 Å². The van der Waals surface area contributed by atoms with E-state index in [1.165, 1.54) is 31.4 Å². The maximum atomic E-state index is 13.3. The van der Waals surface area contributed by atoms with E-state index in [0.29, 0.717) is 5.92 Å². The molecule has 1 aromatic rings. The van der Waals surface area contributed by atoms with Crippen molar-refractivity contribution in [3.05, 3.63) is 33.8 Å². The Labute approximate surface area is 96.8 Å². The van der Waals surface area contributed by atoms with E-state index >= 15 is 0 Å². The smallest absolute Gasteiger partial charge is 0.140 e. The van der Waals surface area contributed by atoms with Crippen LogP contribution in [0.2, 0.25) is 0 Å². The second-order valence-corrected chi connectivity index (χ2v) is 4.93. The highest BCUT2D eigenvalue weighted by Gasteiger charge is 2.18. The molecule has 1 aromatic carbocycles. The quantitative estimate of drug-likeness (QED) is 0.647. The zero-order valence-corrected chi connectivity index (χ0v) is 9.99. The van der Waals surface area contributed by atoms with Gasteiger partial charge in [-0.15, -0.1) is 0 Å². The largest absolute Gasteiger partial charge is 0.206 e. The molecular formula is C12H13BrF2. The van der Waals surface area contributed by atoms with E-state index in [1.54, 1.807) is 0 Å². The maximum Gasteiger partial charge on any atom is 0.140 e. The van der Waals surface area contributed by atoms with E-state index in [0.717, 1.165) is 18.4 Å². The van der Waals surface area contributed by atoms with E-state index in [2.05, 4.69) is 15.9 Å². The van der Waals surface area contributed by atoms with Crippen molar-refractivity contribution < 1.29 is 8.78 Å². The van der Waals surface area contributed by atoms with Gasteiger partial charge < -0.3 is 0 Å². The Hall–Kier alpha value is -0.440. The summed E-state index contributed by atoms with van der Waals surface area (Å²) in [7, 11) is 0. The zero-order valence-electron chi connectivity index (χ0n) is 8.40. The third-order valence-corrected chi connectivity index (χ3v) is 3.84. The van der Waals surface area contributed by atoms with Crippen LogP contribution in [-0.4, -0.2) is 0 Å². The van der Waals surface area contributed by atoms with Gasteiger partial charge in [-0.05, 0) is 52.4 Å². The predicted octanol–water partition coefficient (Wildman–Crippen LogP) is 4.78. The van der Waals surface area contributed by atoms with E-state index in [4.69, 9.17) is 0 Å². The molecule has 0 nitrogen and oxygen atoms in total. The molecule has 3 heteroatoms. The lowest BCUT2D eigenvalue weighted by molar-refractivity contribution is 0.439. The lowest BCUT2D eigenvalue weighted by Crippen LogP contribution is -2.05. The van der Waals surface area contributed by atoms with Crippen molar-refractivity contribution in [2.45, 2.75) is 38.0 Å². The van der Waals surface area contributed by atoms with Gasteiger partial charge in [0.2, 0.25) is 0 Å². The minimum absolute atomic E-state index is 0.0536. The third-order valence-electron chi connectivity index (χ3n) is 3.08. The molecule has 0 radical (unpaired) electrons. The first kappa shape index (κ1) is 11.1. The average Bonchev–Trinajstić information content (AvgIpc) is 2.26. The fraction of sp³-hybridized carbons (Fsp3) is 0.500. The molecule has 1 aliphatic rings. The Bertz CT molecular complexity index is 334. The molecular weight excluding hydrogens is 262 g/mol. The van der Waals surface area contributed by atoms with Gasteiger partial charge in [0, 0.05) is 0 Å². The molecule has 0 heterocycles. The van der Waals surface area contributed by atoms with Crippen LogP contribution >= 0.6 is 15.9 Å². The Morgan fingerprint density at radius 1 is 1.00 bits per heavy atom. The Balaban J connectivity index is 2.27. The minimum Gasteiger partial charge on any atom is -0.206 e. The Morgan fingerprint density at radius 3 is 2.07 bits per heavy atom. The number of hydrogen-bond acceptors (Lipinski definition) is 0. The Kier molecular flexibility index (Phi) is 3.39. The number of rotatable bonds is 1. The van der Waals surface area contributed by atoms with Gasteiger partial charge >= 0.3 is 0 Å². The minimum atomic E-state index is -0.490. The molecule has 0 bridgehead atoms. The molecule has 1 fully saturated rings. The van der Waals surface area contributed by atoms with Gasteiger partial charge in [0.1, 0.15) is 11.6 Å². The van der Waals surface area contributed by atoms with Crippen LogP contribution in [0.3, 0.4) is 0 Å². The van der Waals surface area contributed by atoms with Gasteiger partial charge in [-0.3, -0.25) is 0 Å². The molecule has 1 aliphatic carbocycles. The van der Waals surface area contributed by atoms with Crippen LogP contribution in [0.5, 0.6) is 0 Å². The molecule has 0 atom stereocenters. The van der Waals surface area contributed by atoms with Crippen LogP contribution in [0.15, 0.2) is 16.6 Å². The van der Waals surface area contributed by atoms with Gasteiger partial charge in [0.25, 0.3) is 0 Å². The second kappa shape index (κ2) is 4.60. The van der Waals surface area contributed by atoms with Crippen LogP contribution in [0.4, 0.5) is 8.78 Å². The lowest BCUT2D eigenvalue weighted by atomic mass is 9.84. The molecule has 0 saturated heterocycles. The molecule has 2 rings (SSSR count). The van der Waals surface area contributed by atoms with Crippen molar-refractivity contribution >= 4 is 15.9 Å². The maximum absolute atomic E-state index is 13.3. The van der Waals surface area contributed by atoms with Crippen molar-refractivity contribution in [1.82, 2.24) is 0 Å². The molecule has 15 heavy (non-hydrogen) atoms. The summed E-state index contributed by atoms with van der Waals surface area (Å²) < 4.78 is 26.6. The van der Waals surface area contributed by atoms with E-state index in [-0.39, 0.29) is 4.47 Å². The third kappa shape index (κ3) is 2.39. The fourth-order valence-electron chi connectivity index (χ4n) is 2.25. The first-order valence-electron chi connectivity index (χ1n) is 5.33. The predicted molar refractivity (Wildman–Crippen MR) is 59.9 cm³/mol. The SMILES string of the molecule is Fc1cc(C2CCCCC2)cc(F)c1Br. The summed E-state index contributed by atoms with van der Waals surface area (Å²) in [5.74, 6) is -0.637. The fourth-order valence-corrected chi connectivity index (χ4v) is 2.48. The number of benzene rings is 1. The standard InChI is InChI=1S/C12H13BrF2/c13-12-10(14)6-9(7-11(12)15)8-4-2-1-3-5-8/h6-8H,1-5H2. The normalized spacial score (nSPS) is 18.1. The molecule has 0 aliphatic heterocycles. The van der Waals surface area contributed by atoms with Crippen LogP contribution < -0.4 is 0 Å². The van der Waals surface area contributed by atoms with Gasteiger partial charge in [0.15, 0.2) is 0 Å². The first-order chi connectivity index (χ1) is 7.18. The van der Waals surface area contributed by atoms with E-state index in [1.807, 2.05) is 0 Å². The zero-order chi connectivity index (χ0) is 10.8. The summed E-state index contributed by atoms with van der Waals surface area (Å²) in [5.41, 5.74) is 0.813. The number of hydrogen-bond donors (Lipinski definition) is 0. The van der Waals surface area contributed by atoms with Crippen molar-refractivity contribution in [2.24, 2.45) is 0 Å². The summed E-state index contributed by atoms with van der Waals surface area (Å²) in [6, 6.07) is 2.92. The number of halogens is 3. The summed E-state index contributed by atoms with van der Waals surface area (Å²) in [6.45, 7) is 0. The van der Waals surface area contributed by atoms with Crippen molar-refractivity contribution in [1.29, 1.82) is 0 Å². The van der Waals surface area contributed by atoms with Gasteiger partial charge in [-0.2, -0.15) is 0 Å². The lowest BCUT2D eigenvalue weighted by Gasteiger charge is -2.22. The average molecular weight is 275 g/mol. The van der Waals surface area contributed by atoms with Gasteiger partial charge in [-0.1, -0.05) is 19.3 Å². The summed E-state index contributed by atoms with van der Waals surface area (Å²) in [4.78, 5) is 0.